The van der Waals surface area contributed by atoms with E-state index in [1.807, 2.05) is 19.9 Å². The molecule has 0 amide bonds. The van der Waals surface area contributed by atoms with Gasteiger partial charge in [-0.2, -0.15) is 0 Å². The van der Waals surface area contributed by atoms with E-state index in [1.165, 1.54) is 4.88 Å². The largest absolute Gasteiger partial charge is 0.359 e. The molecule has 0 unspecified atom stereocenters. The number of hydrogen-bond donors (Lipinski definition) is 2. The standard InChI is InChI=1S/C14H21N5OS.HI/c1-5-11-6-12(20-19-11)7-16-14(15-4)17-8-13-9(2)18-10(3)21-13;/h6H,5,7-8H2,1-4H3,(H2,15,16,17);1H. The van der Waals surface area contributed by atoms with Crippen LogP contribution in [0.5, 0.6) is 0 Å². The van der Waals surface area contributed by atoms with Crippen molar-refractivity contribution in [1.29, 1.82) is 0 Å². The zero-order valence-corrected chi connectivity index (χ0v) is 16.4. The Morgan fingerprint density at radius 3 is 2.59 bits per heavy atom. The normalized spacial score (nSPS) is 11.2. The van der Waals surface area contributed by atoms with Gasteiger partial charge in [-0.3, -0.25) is 4.99 Å². The Kier molecular flexibility index (Phi) is 7.80. The predicted octanol–water partition coefficient (Wildman–Crippen LogP) is 2.79. The average Bonchev–Trinajstić information content (AvgIpc) is 3.05. The number of guanidine groups is 1. The zero-order valence-electron chi connectivity index (χ0n) is 13.3. The number of hydrogen-bond acceptors (Lipinski definition) is 5. The Hall–Kier alpha value is -1.16. The number of aliphatic imine (C=N–C) groups is 1. The molecule has 0 aliphatic rings. The molecule has 0 aromatic carbocycles. The lowest BCUT2D eigenvalue weighted by molar-refractivity contribution is 0.374. The zero-order chi connectivity index (χ0) is 15.2. The Balaban J connectivity index is 0.00000242. The van der Waals surface area contributed by atoms with Gasteiger partial charge in [0.15, 0.2) is 11.7 Å². The van der Waals surface area contributed by atoms with Crippen LogP contribution in [0.25, 0.3) is 0 Å². The van der Waals surface area contributed by atoms with E-state index in [2.05, 4.69) is 32.7 Å². The number of rotatable bonds is 5. The lowest BCUT2D eigenvalue weighted by Gasteiger charge is -2.09. The number of aromatic nitrogens is 2. The van der Waals surface area contributed by atoms with Crippen LogP contribution in [-0.2, 0) is 19.5 Å². The summed E-state index contributed by atoms with van der Waals surface area (Å²) in [5, 5.41) is 11.5. The molecule has 2 heterocycles. The van der Waals surface area contributed by atoms with Gasteiger partial charge >= 0.3 is 0 Å². The molecule has 6 nitrogen and oxygen atoms in total. The van der Waals surface area contributed by atoms with Crippen LogP contribution in [-0.4, -0.2) is 23.1 Å². The first-order valence-electron chi connectivity index (χ1n) is 6.94. The molecule has 0 radical (unpaired) electrons. The van der Waals surface area contributed by atoms with Crippen molar-refractivity contribution < 1.29 is 4.52 Å². The van der Waals surface area contributed by atoms with Crippen LogP contribution in [0.3, 0.4) is 0 Å². The molecule has 0 saturated carbocycles. The summed E-state index contributed by atoms with van der Waals surface area (Å²) >= 11 is 1.70. The SMILES string of the molecule is CCc1cc(CNC(=NC)NCc2sc(C)nc2C)on1.I. The van der Waals surface area contributed by atoms with Crippen molar-refractivity contribution in [3.05, 3.63) is 33.1 Å². The van der Waals surface area contributed by atoms with E-state index >= 15 is 0 Å². The summed E-state index contributed by atoms with van der Waals surface area (Å²) in [5.41, 5.74) is 2.04. The van der Waals surface area contributed by atoms with Crippen LogP contribution in [0, 0.1) is 13.8 Å². The minimum Gasteiger partial charge on any atom is -0.359 e. The van der Waals surface area contributed by atoms with Crippen LogP contribution in [0.1, 0.15) is 34.0 Å². The van der Waals surface area contributed by atoms with Gasteiger partial charge in [-0.1, -0.05) is 12.1 Å². The second kappa shape index (κ2) is 9.09. The van der Waals surface area contributed by atoms with Crippen LogP contribution in [0.4, 0.5) is 0 Å². The van der Waals surface area contributed by atoms with Crippen molar-refractivity contribution >= 4 is 41.3 Å². The second-order valence-electron chi connectivity index (χ2n) is 4.66. The van der Waals surface area contributed by atoms with E-state index in [0.717, 1.165) is 34.5 Å². The first kappa shape index (κ1) is 18.9. The van der Waals surface area contributed by atoms with Gasteiger partial charge in [-0.15, -0.1) is 35.3 Å². The molecule has 22 heavy (non-hydrogen) atoms. The molecule has 0 fully saturated rings. The summed E-state index contributed by atoms with van der Waals surface area (Å²) < 4.78 is 5.23. The fraction of sp³-hybridized carbons (Fsp3) is 0.500. The molecule has 0 spiro atoms. The van der Waals surface area contributed by atoms with Crippen LogP contribution in [0.15, 0.2) is 15.6 Å². The number of aryl methyl sites for hydroxylation is 3. The quantitative estimate of drug-likeness (QED) is 0.429. The van der Waals surface area contributed by atoms with Gasteiger partial charge in [0, 0.05) is 18.0 Å². The smallest absolute Gasteiger partial charge is 0.191 e. The third-order valence-electron chi connectivity index (χ3n) is 3.04. The molecule has 0 atom stereocenters. The lowest BCUT2D eigenvalue weighted by Crippen LogP contribution is -2.36. The number of nitrogens with zero attached hydrogens (tertiary/aromatic N) is 3. The molecular formula is C14H22IN5OS. The highest BCUT2D eigenvalue weighted by atomic mass is 127. The Morgan fingerprint density at radius 2 is 2.05 bits per heavy atom. The van der Waals surface area contributed by atoms with Crippen LogP contribution >= 0.6 is 35.3 Å². The Bertz CT molecular complexity index is 623. The third-order valence-corrected chi connectivity index (χ3v) is 4.11. The van der Waals surface area contributed by atoms with Gasteiger partial charge < -0.3 is 15.2 Å². The summed E-state index contributed by atoms with van der Waals surface area (Å²) in [6.07, 6.45) is 0.875. The van der Waals surface area contributed by atoms with Crippen LogP contribution < -0.4 is 10.6 Å². The van der Waals surface area contributed by atoms with Gasteiger partial charge in [-0.05, 0) is 20.3 Å². The molecule has 0 bridgehead atoms. The average molecular weight is 435 g/mol. The highest BCUT2D eigenvalue weighted by molar-refractivity contribution is 14.0. The monoisotopic (exact) mass is 435 g/mol. The van der Waals surface area contributed by atoms with E-state index in [9.17, 15) is 0 Å². The summed E-state index contributed by atoms with van der Waals surface area (Å²) in [6, 6.07) is 1.96. The maximum atomic E-state index is 5.23. The van der Waals surface area contributed by atoms with Gasteiger partial charge in [0.1, 0.15) is 0 Å². The van der Waals surface area contributed by atoms with Crippen molar-refractivity contribution in [3.8, 4) is 0 Å². The molecular weight excluding hydrogens is 413 g/mol. The topological polar surface area (TPSA) is 75.3 Å². The van der Waals surface area contributed by atoms with Crippen molar-refractivity contribution in [1.82, 2.24) is 20.8 Å². The van der Waals surface area contributed by atoms with Gasteiger partial charge in [0.2, 0.25) is 0 Å². The summed E-state index contributed by atoms with van der Waals surface area (Å²) in [5.74, 6) is 1.54. The van der Waals surface area contributed by atoms with Gasteiger partial charge in [0.05, 0.1) is 29.5 Å². The van der Waals surface area contributed by atoms with Crippen LogP contribution in [0.2, 0.25) is 0 Å². The molecule has 2 N–H and O–H groups in total. The highest BCUT2D eigenvalue weighted by Gasteiger charge is 2.07. The van der Waals surface area contributed by atoms with E-state index in [1.54, 1.807) is 18.4 Å². The first-order valence-corrected chi connectivity index (χ1v) is 7.76. The fourth-order valence-corrected chi connectivity index (χ4v) is 2.78. The maximum Gasteiger partial charge on any atom is 0.191 e. The molecule has 8 heteroatoms. The number of thiazole rings is 1. The minimum absolute atomic E-state index is 0. The molecule has 122 valence electrons. The molecule has 2 aromatic heterocycles. The number of halogens is 1. The van der Waals surface area contributed by atoms with E-state index < -0.39 is 0 Å². The van der Waals surface area contributed by atoms with E-state index in [-0.39, 0.29) is 24.0 Å². The molecule has 0 saturated heterocycles. The molecule has 2 aromatic rings. The third kappa shape index (κ3) is 5.24. The van der Waals surface area contributed by atoms with Crippen molar-refractivity contribution in [2.75, 3.05) is 7.05 Å². The van der Waals surface area contributed by atoms with E-state index in [0.29, 0.717) is 13.1 Å². The highest BCUT2D eigenvalue weighted by Crippen LogP contribution is 2.16. The Labute approximate surface area is 151 Å². The summed E-state index contributed by atoms with van der Waals surface area (Å²) in [6.45, 7) is 7.37. The predicted molar refractivity (Wildman–Crippen MR) is 99.9 cm³/mol. The van der Waals surface area contributed by atoms with E-state index in [4.69, 9.17) is 4.52 Å². The number of nitrogens with one attached hydrogen (secondary N) is 2. The fourth-order valence-electron chi connectivity index (χ4n) is 1.90. The molecule has 2 rings (SSSR count). The Morgan fingerprint density at radius 1 is 1.32 bits per heavy atom. The van der Waals surface area contributed by atoms with Gasteiger partial charge in [-0.25, -0.2) is 4.98 Å². The molecule has 0 aliphatic carbocycles. The van der Waals surface area contributed by atoms with Crippen molar-refractivity contribution in [3.63, 3.8) is 0 Å². The van der Waals surface area contributed by atoms with Crippen molar-refractivity contribution in [2.24, 2.45) is 4.99 Å². The van der Waals surface area contributed by atoms with Crippen molar-refractivity contribution in [2.45, 2.75) is 40.3 Å². The minimum atomic E-state index is 0. The molecule has 0 aliphatic heterocycles. The lowest BCUT2D eigenvalue weighted by atomic mass is 10.3. The van der Waals surface area contributed by atoms with Gasteiger partial charge in [0.25, 0.3) is 0 Å². The second-order valence-corrected chi connectivity index (χ2v) is 5.95. The summed E-state index contributed by atoms with van der Waals surface area (Å²) in [4.78, 5) is 9.84. The maximum absolute atomic E-state index is 5.23. The first-order chi connectivity index (χ1) is 10.1. The summed E-state index contributed by atoms with van der Waals surface area (Å²) in [7, 11) is 1.75.